The molecular weight excluding hydrogens is 354 g/mol. The van der Waals surface area contributed by atoms with Crippen LogP contribution >= 0.6 is 12.0 Å². The third-order valence-electron chi connectivity index (χ3n) is 3.62. The van der Waals surface area contributed by atoms with Crippen molar-refractivity contribution in [3.63, 3.8) is 0 Å². The van der Waals surface area contributed by atoms with Crippen molar-refractivity contribution in [1.82, 2.24) is 0 Å². The number of carbonyl (C=O) groups is 1. The second-order valence-electron chi connectivity index (χ2n) is 5.11. The maximum absolute atomic E-state index is 13.4. The number of carbonyl (C=O) groups excluding carboxylic acids is 1. The van der Waals surface area contributed by atoms with E-state index in [2.05, 4.69) is 9.37 Å². The summed E-state index contributed by atoms with van der Waals surface area (Å²) in [4.78, 5) is 11.5. The van der Waals surface area contributed by atoms with Crippen molar-refractivity contribution in [2.75, 3.05) is 0 Å². The molecule has 0 atom stereocenters. The molecule has 0 N–H and O–H groups in total. The van der Waals surface area contributed by atoms with Gasteiger partial charge in [0, 0.05) is 0 Å². The predicted molar refractivity (Wildman–Crippen MR) is 86.0 cm³/mol. The first kappa shape index (κ1) is 17.6. The molecule has 25 heavy (non-hydrogen) atoms. The van der Waals surface area contributed by atoms with E-state index in [0.29, 0.717) is 5.56 Å². The molecule has 130 valence electrons. The van der Waals surface area contributed by atoms with Crippen LogP contribution < -0.4 is 5.26 Å². The Labute approximate surface area is 145 Å². The van der Waals surface area contributed by atoms with Gasteiger partial charge < -0.3 is 9.99 Å². The van der Waals surface area contributed by atoms with Gasteiger partial charge in [0.1, 0.15) is 18.6 Å². The van der Waals surface area contributed by atoms with Gasteiger partial charge >= 0.3 is 11.2 Å². The first-order valence-electron chi connectivity index (χ1n) is 7.11. The van der Waals surface area contributed by atoms with Crippen LogP contribution in [0.25, 0.3) is 21.5 Å². The average molecular weight is 365 g/mol. The highest BCUT2D eigenvalue weighted by atomic mass is 32.2. The zero-order valence-corrected chi connectivity index (χ0v) is 13.4. The number of esters is 1. The average Bonchev–Trinajstić information content (AvgIpc) is 2.64. The largest absolute Gasteiger partial charge is 0.691 e. The lowest BCUT2D eigenvalue weighted by molar-refractivity contribution is -0.777. The summed E-state index contributed by atoms with van der Waals surface area (Å²) in [5.74, 6) is -1.83. The number of fused-ring (bicyclic) bond motifs is 3. The van der Waals surface area contributed by atoms with Crippen LogP contribution in [-0.4, -0.2) is 11.2 Å². The first-order valence-corrected chi connectivity index (χ1v) is 7.86. The molecule has 0 aliphatic heterocycles. The molecule has 0 spiro atoms. The lowest BCUT2D eigenvalue weighted by Crippen LogP contribution is -2.27. The lowest BCUT2D eigenvalue weighted by Gasteiger charge is -2.15. The van der Waals surface area contributed by atoms with Gasteiger partial charge in [-0.2, -0.15) is 13.1 Å². The summed E-state index contributed by atoms with van der Waals surface area (Å²) in [6.07, 6.45) is 0. The van der Waals surface area contributed by atoms with Crippen molar-refractivity contribution < 1.29 is 32.9 Å². The van der Waals surface area contributed by atoms with Crippen molar-refractivity contribution >= 4 is 39.6 Å². The molecule has 0 bridgehead atoms. The molecule has 5 nitrogen and oxygen atoms in total. The van der Waals surface area contributed by atoms with E-state index in [4.69, 9.17) is 4.74 Å². The normalized spacial score (nSPS) is 11.8. The van der Waals surface area contributed by atoms with E-state index in [1.807, 2.05) is 42.5 Å². The minimum Gasteiger partial charge on any atom is -0.691 e. The van der Waals surface area contributed by atoms with Gasteiger partial charge in [-0.25, -0.2) is 4.79 Å². The van der Waals surface area contributed by atoms with Crippen LogP contribution in [0, 0.1) is 0 Å². The lowest BCUT2D eigenvalue weighted by atomic mass is 9.98. The summed E-state index contributed by atoms with van der Waals surface area (Å²) in [5, 5.41) is 12.0. The fraction of sp³-hybridized carbons (Fsp3) is 0.118. The van der Waals surface area contributed by atoms with Crippen molar-refractivity contribution in [3.05, 3.63) is 60.2 Å². The molecule has 0 unspecified atom stereocenters. The smallest absolute Gasteiger partial charge is 0.415 e. The van der Waals surface area contributed by atoms with Crippen LogP contribution in [0.15, 0.2) is 54.6 Å². The van der Waals surface area contributed by atoms with E-state index in [1.54, 1.807) is 12.1 Å². The topological polar surface area (TPSA) is 67.8 Å². The summed E-state index contributed by atoms with van der Waals surface area (Å²) in [5.41, 5.74) is 0.587. The molecular formula is C17H11F2O5S-. The highest BCUT2D eigenvalue weighted by Crippen LogP contribution is 2.32. The fourth-order valence-electron chi connectivity index (χ4n) is 2.58. The van der Waals surface area contributed by atoms with E-state index in [9.17, 15) is 18.8 Å². The van der Waals surface area contributed by atoms with E-state index in [0.717, 1.165) is 21.5 Å². The summed E-state index contributed by atoms with van der Waals surface area (Å²) in [6.45, 7) is -0.349. The number of alkyl halides is 2. The van der Waals surface area contributed by atoms with Crippen LogP contribution in [0.1, 0.15) is 5.56 Å². The van der Waals surface area contributed by atoms with E-state index in [-0.39, 0.29) is 6.61 Å². The Bertz CT molecular complexity index is 916. The maximum atomic E-state index is 13.4. The van der Waals surface area contributed by atoms with Crippen LogP contribution in [0.5, 0.6) is 0 Å². The molecule has 0 radical (unpaired) electrons. The second kappa shape index (κ2) is 7.32. The number of hydrogen-bond acceptors (Lipinski definition) is 6. The zero-order chi connectivity index (χ0) is 17.9. The van der Waals surface area contributed by atoms with Gasteiger partial charge in [-0.15, -0.1) is 0 Å². The SMILES string of the molecule is O=C(OCc1cccc2ccc3ccccc3c12)C(F)(F)SOO[O-]. The van der Waals surface area contributed by atoms with Crippen molar-refractivity contribution in [1.29, 1.82) is 0 Å². The highest BCUT2D eigenvalue weighted by molar-refractivity contribution is 7.96. The van der Waals surface area contributed by atoms with Crippen molar-refractivity contribution in [3.8, 4) is 0 Å². The van der Waals surface area contributed by atoms with Gasteiger partial charge in [-0.05, 0) is 27.1 Å². The number of rotatable bonds is 6. The van der Waals surface area contributed by atoms with Gasteiger partial charge in [-0.3, -0.25) is 5.04 Å². The molecule has 0 aromatic heterocycles. The molecule has 0 aliphatic rings. The van der Waals surface area contributed by atoms with E-state index < -0.39 is 23.3 Å². The molecule has 8 heteroatoms. The van der Waals surface area contributed by atoms with E-state index in [1.165, 1.54) is 0 Å². The Morgan fingerprint density at radius 1 is 1.04 bits per heavy atom. The molecule has 0 aliphatic carbocycles. The molecule has 0 saturated heterocycles. The van der Waals surface area contributed by atoms with Crippen LogP contribution in [-0.2, 0) is 25.5 Å². The van der Waals surface area contributed by atoms with Crippen molar-refractivity contribution in [2.45, 2.75) is 11.9 Å². The summed E-state index contributed by atoms with van der Waals surface area (Å²) < 4.78 is 35.0. The Morgan fingerprint density at radius 2 is 1.76 bits per heavy atom. The summed E-state index contributed by atoms with van der Waals surface area (Å²) in [6, 6.07) is 16.8. The number of benzene rings is 3. The van der Waals surface area contributed by atoms with Crippen LogP contribution in [0.4, 0.5) is 8.78 Å². The van der Waals surface area contributed by atoms with E-state index >= 15 is 0 Å². The monoisotopic (exact) mass is 365 g/mol. The first-order chi connectivity index (χ1) is 12.0. The standard InChI is InChI=1S/C17H12F2O5S/c18-17(19,25-24-23-21)16(20)22-10-13-6-3-5-12-9-8-11-4-1-2-7-14(11)15(12)13/h1-9,21H,10H2/p-1. The molecule has 3 rings (SSSR count). The van der Waals surface area contributed by atoms with Crippen LogP contribution in [0.3, 0.4) is 0 Å². The molecule has 0 heterocycles. The molecule has 0 saturated carbocycles. The quantitative estimate of drug-likeness (QED) is 0.219. The molecule has 3 aromatic rings. The third kappa shape index (κ3) is 3.72. The number of halogens is 2. The highest BCUT2D eigenvalue weighted by Gasteiger charge is 2.43. The van der Waals surface area contributed by atoms with Crippen LogP contribution in [0.2, 0.25) is 0 Å². The number of hydrogen-bond donors (Lipinski definition) is 0. The predicted octanol–water partition coefficient (Wildman–Crippen LogP) is 3.50. The molecule has 0 fully saturated rings. The second-order valence-corrected chi connectivity index (χ2v) is 5.93. The minimum absolute atomic E-state index is 0.349. The Kier molecular flexibility index (Phi) is 5.14. The zero-order valence-electron chi connectivity index (χ0n) is 12.6. The van der Waals surface area contributed by atoms with Gasteiger partial charge in [-0.1, -0.05) is 54.6 Å². The van der Waals surface area contributed by atoms with Gasteiger partial charge in [0.2, 0.25) is 0 Å². The Hall–Kier alpha value is -2.26. The summed E-state index contributed by atoms with van der Waals surface area (Å²) in [7, 11) is 0. The minimum atomic E-state index is -4.06. The maximum Gasteiger partial charge on any atom is 0.415 e. The number of ether oxygens (including phenoxy) is 1. The fourth-order valence-corrected chi connectivity index (χ4v) is 2.82. The molecule has 0 amide bonds. The van der Waals surface area contributed by atoms with Gasteiger partial charge in [0.05, 0.1) is 0 Å². The van der Waals surface area contributed by atoms with Crippen molar-refractivity contribution in [2.24, 2.45) is 0 Å². The summed E-state index contributed by atoms with van der Waals surface area (Å²) >= 11 is -0.714. The Morgan fingerprint density at radius 3 is 2.56 bits per heavy atom. The Balaban J connectivity index is 1.89. The van der Waals surface area contributed by atoms with Gasteiger partial charge in [0.25, 0.3) is 0 Å². The van der Waals surface area contributed by atoms with Gasteiger partial charge in [0.15, 0.2) is 0 Å². The third-order valence-corrected chi connectivity index (χ3v) is 4.12. The molecule has 3 aromatic carbocycles.